The van der Waals surface area contributed by atoms with Crippen molar-refractivity contribution in [2.45, 2.75) is 56.0 Å². The molecule has 3 N–H and O–H groups in total. The van der Waals surface area contributed by atoms with Crippen molar-refractivity contribution in [2.24, 2.45) is 0 Å². The molecule has 1 saturated carbocycles. The summed E-state index contributed by atoms with van der Waals surface area (Å²) < 4.78 is 34.9. The van der Waals surface area contributed by atoms with Gasteiger partial charge in [-0.15, -0.1) is 0 Å². The van der Waals surface area contributed by atoms with Gasteiger partial charge in [-0.05, 0) is 43.4 Å². The highest BCUT2D eigenvalue weighted by Gasteiger charge is 2.74. The normalized spacial score (nSPS) is 32.2. The van der Waals surface area contributed by atoms with Crippen LogP contribution in [0.2, 0.25) is 0 Å². The number of pyridine rings is 1. The van der Waals surface area contributed by atoms with E-state index in [1.807, 2.05) is 0 Å². The van der Waals surface area contributed by atoms with Crippen LogP contribution in [0.25, 0.3) is 0 Å². The first-order chi connectivity index (χ1) is 16.1. The van der Waals surface area contributed by atoms with Gasteiger partial charge in [-0.25, -0.2) is 9.69 Å². The van der Waals surface area contributed by atoms with Crippen LogP contribution >= 0.6 is 15.3 Å². The number of carbonyl (C=O) groups is 1. The maximum atomic E-state index is 13.2. The molecule has 2 aromatic rings. The smallest absolute Gasteiger partial charge is 0.431 e. The predicted octanol–water partition coefficient (Wildman–Crippen LogP) is 4.52. The number of hydrogen-bond acceptors (Lipinski definition) is 9. The summed E-state index contributed by atoms with van der Waals surface area (Å²) in [6.45, 7) is 1.18. The minimum Gasteiger partial charge on any atom is -0.431 e. The van der Waals surface area contributed by atoms with Gasteiger partial charge < -0.3 is 19.5 Å². The second-order valence-corrected chi connectivity index (χ2v) is 13.6. The summed E-state index contributed by atoms with van der Waals surface area (Å²) in [5, 5.41) is 8.57. The van der Waals surface area contributed by atoms with Gasteiger partial charge in [-0.3, -0.25) is 14.1 Å². The molecule has 12 heteroatoms. The Hall–Kier alpha value is -1.90. The van der Waals surface area contributed by atoms with E-state index in [0.717, 1.165) is 32.1 Å². The summed E-state index contributed by atoms with van der Waals surface area (Å²) in [7, 11) is -8.80. The third-order valence-electron chi connectivity index (χ3n) is 6.00. The van der Waals surface area contributed by atoms with Crippen LogP contribution in [0.5, 0.6) is 5.75 Å². The Morgan fingerprint density at radius 2 is 1.97 bits per heavy atom. The quantitative estimate of drug-likeness (QED) is 0.297. The molecule has 1 aromatic heterocycles. The van der Waals surface area contributed by atoms with Gasteiger partial charge in [0, 0.05) is 12.4 Å². The van der Waals surface area contributed by atoms with Gasteiger partial charge in [0.2, 0.25) is 6.29 Å². The lowest BCUT2D eigenvalue weighted by molar-refractivity contribution is -0.0530. The molecule has 1 aromatic carbocycles. The average molecular weight is 512 g/mol. The number of aromatic nitrogens is 1. The average Bonchev–Trinajstić information content (AvgIpc) is 2.79. The van der Waals surface area contributed by atoms with E-state index >= 15 is 0 Å². The minimum absolute atomic E-state index is 0.00833. The fourth-order valence-corrected chi connectivity index (χ4v) is 8.44. The van der Waals surface area contributed by atoms with Crippen molar-refractivity contribution in [1.82, 2.24) is 4.98 Å². The van der Waals surface area contributed by atoms with E-state index in [0.29, 0.717) is 5.56 Å². The van der Waals surface area contributed by atoms with Crippen LogP contribution in [-0.2, 0) is 24.8 Å². The summed E-state index contributed by atoms with van der Waals surface area (Å²) in [6.07, 6.45) is 4.41. The number of para-hydroxylation sites is 1. The molecule has 0 spiro atoms. The SMILES string of the molecule is C[P+]1(O)OC(c2ccccc2OC(=O)OC2CCCCC2)OP(=O)(O)C1(O)Cc1cccnc1. The predicted molar refractivity (Wildman–Crippen MR) is 123 cm³/mol. The number of aliphatic hydroxyl groups is 1. The molecule has 1 aliphatic heterocycles. The first-order valence-corrected chi connectivity index (χ1v) is 14.7. The maximum absolute atomic E-state index is 13.2. The molecule has 4 unspecified atom stereocenters. The lowest BCUT2D eigenvalue weighted by Crippen LogP contribution is -2.40. The Kier molecular flexibility index (Phi) is 7.41. The van der Waals surface area contributed by atoms with E-state index in [1.54, 1.807) is 24.3 Å². The molecule has 34 heavy (non-hydrogen) atoms. The third-order valence-corrected chi connectivity index (χ3v) is 11.5. The van der Waals surface area contributed by atoms with Gasteiger partial charge in [-0.2, -0.15) is 4.52 Å². The second-order valence-electron chi connectivity index (χ2n) is 8.52. The standard InChI is InChI=1S/C22H27NO9P2/c1-33(26)22(25,14-16-8-7-13-23-15-16)34(27,28)32-20(31-33)18-11-5-6-12-19(18)30-21(24)29-17-9-3-2-4-10-17/h5-8,11-13,15,17,20,25-26H,2-4,9-10,14H2,1H3/p+1. The zero-order chi connectivity index (χ0) is 24.4. The van der Waals surface area contributed by atoms with Crippen molar-refractivity contribution >= 4 is 21.5 Å². The zero-order valence-electron chi connectivity index (χ0n) is 18.6. The lowest BCUT2D eigenvalue weighted by Gasteiger charge is -2.41. The number of benzene rings is 1. The topological polar surface area (TPSA) is 145 Å². The van der Waals surface area contributed by atoms with Crippen molar-refractivity contribution in [2.75, 3.05) is 6.66 Å². The summed E-state index contributed by atoms with van der Waals surface area (Å²) in [5.41, 5.74) is 0.514. The van der Waals surface area contributed by atoms with E-state index in [4.69, 9.17) is 18.5 Å². The van der Waals surface area contributed by atoms with Crippen LogP contribution in [0.15, 0.2) is 48.8 Å². The molecule has 0 bridgehead atoms. The minimum atomic E-state index is -4.87. The lowest BCUT2D eigenvalue weighted by atomic mass is 9.98. The Bertz CT molecular complexity index is 1060. The van der Waals surface area contributed by atoms with Crippen molar-refractivity contribution in [3.63, 3.8) is 0 Å². The number of carbonyl (C=O) groups excluding carboxylic acids is 1. The highest BCUT2D eigenvalue weighted by Crippen LogP contribution is 2.83. The number of nitrogens with zero attached hydrogens (tertiary/aromatic N) is 1. The van der Waals surface area contributed by atoms with Gasteiger partial charge >= 0.3 is 26.6 Å². The molecule has 4 atom stereocenters. The Morgan fingerprint density at radius 1 is 1.24 bits per heavy atom. The largest absolute Gasteiger partial charge is 0.514 e. The van der Waals surface area contributed by atoms with Gasteiger partial charge in [0.25, 0.3) is 0 Å². The monoisotopic (exact) mass is 512 g/mol. The number of ether oxygens (including phenoxy) is 2. The zero-order valence-corrected chi connectivity index (χ0v) is 20.4. The van der Waals surface area contributed by atoms with Crippen LogP contribution in [0.4, 0.5) is 4.79 Å². The van der Waals surface area contributed by atoms with Gasteiger partial charge in [-0.1, -0.05) is 30.7 Å². The van der Waals surface area contributed by atoms with Crippen molar-refractivity contribution in [3.8, 4) is 5.75 Å². The molecule has 184 valence electrons. The summed E-state index contributed by atoms with van der Waals surface area (Å²) in [4.78, 5) is 38.1. The molecule has 0 radical (unpaired) electrons. The van der Waals surface area contributed by atoms with Crippen molar-refractivity contribution in [3.05, 3.63) is 59.9 Å². The van der Waals surface area contributed by atoms with E-state index in [-0.39, 0.29) is 17.4 Å². The van der Waals surface area contributed by atoms with Gasteiger partial charge in [0.1, 0.15) is 18.5 Å². The summed E-state index contributed by atoms with van der Waals surface area (Å²) in [6, 6.07) is 9.31. The summed E-state index contributed by atoms with van der Waals surface area (Å²) in [5.74, 6) is -0.00833. The number of hydrogen-bond donors (Lipinski definition) is 3. The Morgan fingerprint density at radius 3 is 2.65 bits per heavy atom. The van der Waals surface area contributed by atoms with Gasteiger partial charge in [0.15, 0.2) is 0 Å². The molecule has 4 rings (SSSR count). The Labute approximate surface area is 197 Å². The first-order valence-electron chi connectivity index (χ1n) is 11.0. The van der Waals surface area contributed by atoms with Crippen LogP contribution in [0.1, 0.15) is 49.5 Å². The van der Waals surface area contributed by atoms with E-state index in [1.165, 1.54) is 31.2 Å². The van der Waals surface area contributed by atoms with Crippen molar-refractivity contribution < 1.29 is 42.8 Å². The van der Waals surface area contributed by atoms with Crippen molar-refractivity contribution in [1.29, 1.82) is 0 Å². The fraction of sp³-hybridized carbons (Fsp3) is 0.455. The van der Waals surface area contributed by atoms with Crippen LogP contribution in [0, 0.1) is 0 Å². The fourth-order valence-electron chi connectivity index (χ4n) is 4.08. The van der Waals surface area contributed by atoms with Crippen LogP contribution in [-0.4, -0.2) is 43.9 Å². The first kappa shape index (κ1) is 25.2. The molecule has 0 amide bonds. The Balaban J connectivity index is 1.55. The summed E-state index contributed by atoms with van der Waals surface area (Å²) >= 11 is 0. The van der Waals surface area contributed by atoms with Crippen LogP contribution in [0.3, 0.4) is 0 Å². The van der Waals surface area contributed by atoms with E-state index in [9.17, 15) is 24.3 Å². The highest BCUT2D eigenvalue weighted by atomic mass is 31.3. The molecule has 2 fully saturated rings. The highest BCUT2D eigenvalue weighted by molar-refractivity contribution is 7.79. The molecular weight excluding hydrogens is 484 g/mol. The molecule has 2 aliphatic rings. The molecule has 10 nitrogen and oxygen atoms in total. The van der Waals surface area contributed by atoms with Crippen LogP contribution < -0.4 is 4.74 Å². The van der Waals surface area contributed by atoms with E-state index < -0.39 is 39.3 Å². The maximum Gasteiger partial charge on any atom is 0.514 e. The molecule has 2 heterocycles. The van der Waals surface area contributed by atoms with E-state index in [2.05, 4.69) is 4.98 Å². The number of rotatable bonds is 5. The molecule has 1 aliphatic carbocycles. The molecular formula is C22H28NO9P2+. The molecule has 1 saturated heterocycles. The second kappa shape index (κ2) is 9.99. The van der Waals surface area contributed by atoms with Gasteiger partial charge in [0.05, 0.1) is 12.0 Å². The third kappa shape index (κ3) is 5.19.